The minimum absolute atomic E-state index is 0.704. The topological polar surface area (TPSA) is 21.3 Å². The maximum atomic E-state index is 5.49. The molecule has 2 nitrogen and oxygen atoms in total. The van der Waals surface area contributed by atoms with Gasteiger partial charge >= 0.3 is 0 Å². The number of rotatable bonds is 5. The van der Waals surface area contributed by atoms with E-state index in [1.165, 1.54) is 19.3 Å². The van der Waals surface area contributed by atoms with Gasteiger partial charge in [0.05, 0.1) is 6.61 Å². The van der Waals surface area contributed by atoms with E-state index in [-0.39, 0.29) is 0 Å². The number of nitrogens with one attached hydrogen (secondary N) is 1. The molecule has 1 aliphatic carbocycles. The van der Waals surface area contributed by atoms with Crippen LogP contribution in [0.5, 0.6) is 0 Å². The summed E-state index contributed by atoms with van der Waals surface area (Å²) in [6, 6.07) is 0.704. The van der Waals surface area contributed by atoms with Crippen molar-refractivity contribution in [3.05, 3.63) is 0 Å². The predicted octanol–water partition coefficient (Wildman–Crippen LogP) is 2.05. The molecule has 82 valence electrons. The van der Waals surface area contributed by atoms with E-state index < -0.39 is 0 Å². The number of ether oxygens (including phenoxy) is 1. The summed E-state index contributed by atoms with van der Waals surface area (Å²) in [6.07, 6.45) is 4.17. The van der Waals surface area contributed by atoms with E-state index in [9.17, 15) is 0 Å². The van der Waals surface area contributed by atoms with Gasteiger partial charge in [-0.2, -0.15) is 0 Å². The van der Waals surface area contributed by atoms with Gasteiger partial charge in [0.1, 0.15) is 0 Å². The van der Waals surface area contributed by atoms with E-state index in [4.69, 9.17) is 4.74 Å². The van der Waals surface area contributed by atoms with E-state index in [2.05, 4.69) is 19.2 Å². The molecule has 0 aromatic carbocycles. The second kappa shape index (κ2) is 4.63. The lowest BCUT2D eigenvalue weighted by atomic mass is 9.86. The van der Waals surface area contributed by atoms with Gasteiger partial charge in [-0.3, -0.25) is 0 Å². The van der Waals surface area contributed by atoms with Crippen LogP contribution in [0.4, 0.5) is 0 Å². The van der Waals surface area contributed by atoms with E-state index in [1.54, 1.807) is 0 Å². The molecule has 0 aromatic heterocycles. The Hall–Kier alpha value is -0.0800. The van der Waals surface area contributed by atoms with E-state index in [0.717, 1.165) is 37.5 Å². The molecule has 2 heteroatoms. The van der Waals surface area contributed by atoms with Crippen molar-refractivity contribution in [1.29, 1.82) is 0 Å². The monoisotopic (exact) mass is 197 g/mol. The second-order valence-electron chi connectivity index (χ2n) is 4.90. The van der Waals surface area contributed by atoms with Crippen molar-refractivity contribution >= 4 is 0 Å². The molecule has 1 aliphatic heterocycles. The zero-order valence-electron chi connectivity index (χ0n) is 9.46. The van der Waals surface area contributed by atoms with Crippen molar-refractivity contribution < 1.29 is 4.74 Å². The van der Waals surface area contributed by atoms with Crippen LogP contribution in [0.2, 0.25) is 0 Å². The molecule has 14 heavy (non-hydrogen) atoms. The van der Waals surface area contributed by atoms with Crippen molar-refractivity contribution in [2.24, 2.45) is 17.8 Å². The van der Waals surface area contributed by atoms with Crippen molar-refractivity contribution in [3.8, 4) is 0 Å². The van der Waals surface area contributed by atoms with Crippen LogP contribution < -0.4 is 5.32 Å². The summed E-state index contributed by atoms with van der Waals surface area (Å²) in [7, 11) is 0. The van der Waals surface area contributed by atoms with Gasteiger partial charge in [-0.05, 0) is 37.6 Å². The highest BCUT2D eigenvalue weighted by molar-refractivity contribution is 4.91. The summed E-state index contributed by atoms with van der Waals surface area (Å²) in [5, 5.41) is 3.67. The first-order valence-electron chi connectivity index (χ1n) is 6.14. The van der Waals surface area contributed by atoms with Gasteiger partial charge < -0.3 is 10.1 Å². The maximum Gasteiger partial charge on any atom is 0.0510 e. The van der Waals surface area contributed by atoms with Crippen LogP contribution in [0.1, 0.15) is 33.1 Å². The molecule has 0 amide bonds. The molecule has 3 atom stereocenters. The highest BCUT2D eigenvalue weighted by atomic mass is 16.5. The molecule has 2 fully saturated rings. The number of hydrogen-bond acceptors (Lipinski definition) is 2. The lowest BCUT2D eigenvalue weighted by molar-refractivity contribution is 0.163. The number of hydrogen-bond donors (Lipinski definition) is 1. The fourth-order valence-electron chi connectivity index (χ4n) is 2.77. The van der Waals surface area contributed by atoms with Gasteiger partial charge in [0.25, 0.3) is 0 Å². The zero-order valence-corrected chi connectivity index (χ0v) is 9.46. The van der Waals surface area contributed by atoms with Crippen molar-refractivity contribution in [2.45, 2.75) is 39.2 Å². The summed E-state index contributed by atoms with van der Waals surface area (Å²) in [5.74, 6) is 2.62. The molecule has 1 saturated heterocycles. The van der Waals surface area contributed by atoms with Gasteiger partial charge in [0.2, 0.25) is 0 Å². The molecule has 0 aromatic rings. The smallest absolute Gasteiger partial charge is 0.0510 e. The van der Waals surface area contributed by atoms with Crippen LogP contribution in [0.3, 0.4) is 0 Å². The average molecular weight is 197 g/mol. The Morgan fingerprint density at radius 3 is 2.57 bits per heavy atom. The summed E-state index contributed by atoms with van der Waals surface area (Å²) in [5.41, 5.74) is 0. The molecular formula is C12H23NO. The van der Waals surface area contributed by atoms with Crippen molar-refractivity contribution in [3.63, 3.8) is 0 Å². The Bertz CT molecular complexity index is 171. The molecular weight excluding hydrogens is 174 g/mol. The zero-order chi connectivity index (χ0) is 9.97. The maximum absolute atomic E-state index is 5.49. The van der Waals surface area contributed by atoms with Gasteiger partial charge in [0, 0.05) is 18.6 Å². The third kappa shape index (κ3) is 2.29. The van der Waals surface area contributed by atoms with E-state index >= 15 is 0 Å². The van der Waals surface area contributed by atoms with Gasteiger partial charge in [-0.15, -0.1) is 0 Å². The molecule has 0 bridgehead atoms. The first-order valence-corrected chi connectivity index (χ1v) is 6.14. The second-order valence-corrected chi connectivity index (χ2v) is 4.90. The highest BCUT2D eigenvalue weighted by Gasteiger charge is 2.37. The first kappa shape index (κ1) is 10.4. The molecule has 1 heterocycles. The predicted molar refractivity (Wildman–Crippen MR) is 58.3 cm³/mol. The van der Waals surface area contributed by atoms with Gasteiger partial charge in [-0.1, -0.05) is 13.8 Å². The molecule has 0 spiro atoms. The Morgan fingerprint density at radius 1 is 1.29 bits per heavy atom. The molecule has 1 N–H and O–H groups in total. The minimum Gasteiger partial charge on any atom is -0.381 e. The molecule has 2 aliphatic rings. The lowest BCUT2D eigenvalue weighted by Crippen LogP contribution is -2.42. The Kier molecular flexibility index (Phi) is 3.45. The Balaban J connectivity index is 1.90. The van der Waals surface area contributed by atoms with Crippen LogP contribution in [0.25, 0.3) is 0 Å². The molecule has 1 saturated carbocycles. The summed E-state index contributed by atoms with van der Waals surface area (Å²) in [6.45, 7) is 7.68. The van der Waals surface area contributed by atoms with Crippen LogP contribution in [-0.2, 0) is 4.74 Å². The quantitative estimate of drug-likeness (QED) is 0.728. The SMILES string of the molecule is CCNC(C1CCOC1)C(C)C1CC1. The lowest BCUT2D eigenvalue weighted by Gasteiger charge is -2.29. The Morgan fingerprint density at radius 2 is 2.07 bits per heavy atom. The fraction of sp³-hybridized carbons (Fsp3) is 1.00. The third-order valence-electron chi connectivity index (χ3n) is 3.84. The first-order chi connectivity index (χ1) is 6.83. The highest BCUT2D eigenvalue weighted by Crippen LogP contribution is 2.40. The standard InChI is InChI=1S/C12H23NO/c1-3-13-12(9(2)10-4-5-10)11-6-7-14-8-11/h9-13H,3-8H2,1-2H3. The normalized spacial score (nSPS) is 31.7. The minimum atomic E-state index is 0.704. The van der Waals surface area contributed by atoms with Crippen molar-refractivity contribution in [2.75, 3.05) is 19.8 Å². The molecule has 2 rings (SSSR count). The molecule has 3 unspecified atom stereocenters. The van der Waals surface area contributed by atoms with Crippen LogP contribution in [-0.4, -0.2) is 25.8 Å². The summed E-state index contributed by atoms with van der Waals surface area (Å²) >= 11 is 0. The van der Waals surface area contributed by atoms with Crippen LogP contribution >= 0.6 is 0 Å². The van der Waals surface area contributed by atoms with Gasteiger partial charge in [-0.25, -0.2) is 0 Å². The Labute approximate surface area is 87.4 Å². The average Bonchev–Trinajstić information content (AvgIpc) is 2.91. The summed E-state index contributed by atoms with van der Waals surface area (Å²) in [4.78, 5) is 0. The fourth-order valence-corrected chi connectivity index (χ4v) is 2.77. The molecule has 0 radical (unpaired) electrons. The largest absolute Gasteiger partial charge is 0.381 e. The van der Waals surface area contributed by atoms with Crippen molar-refractivity contribution in [1.82, 2.24) is 5.32 Å². The van der Waals surface area contributed by atoms with Crippen LogP contribution in [0, 0.1) is 17.8 Å². The summed E-state index contributed by atoms with van der Waals surface area (Å²) < 4.78 is 5.49. The van der Waals surface area contributed by atoms with Gasteiger partial charge in [0.15, 0.2) is 0 Å². The third-order valence-corrected chi connectivity index (χ3v) is 3.84. The van der Waals surface area contributed by atoms with Crippen LogP contribution in [0.15, 0.2) is 0 Å². The van der Waals surface area contributed by atoms with E-state index in [1.807, 2.05) is 0 Å². The van der Waals surface area contributed by atoms with E-state index in [0.29, 0.717) is 6.04 Å².